The Morgan fingerprint density at radius 1 is 0.867 bits per heavy atom. The number of carbonyl (C=O) groups is 4. The van der Waals surface area contributed by atoms with E-state index in [4.69, 9.17) is 4.98 Å². The number of anilines is 5. The van der Waals surface area contributed by atoms with Crippen LogP contribution in [0, 0.1) is 20.8 Å². The lowest BCUT2D eigenvalue weighted by Gasteiger charge is -2.35. The predicted octanol–water partition coefficient (Wildman–Crippen LogP) is 5.93. The summed E-state index contributed by atoms with van der Waals surface area (Å²) >= 11 is 1.40. The van der Waals surface area contributed by atoms with Gasteiger partial charge in [0.1, 0.15) is 11.5 Å². The maximum atomic E-state index is 13.6. The van der Waals surface area contributed by atoms with Crippen LogP contribution in [0.3, 0.4) is 0 Å². The Bertz CT molecular complexity index is 2430. The normalized spacial score (nSPS) is 14.6. The summed E-state index contributed by atoms with van der Waals surface area (Å²) in [5, 5.41) is 13.0. The van der Waals surface area contributed by atoms with Crippen molar-refractivity contribution in [3.63, 3.8) is 0 Å². The highest BCUT2D eigenvalue weighted by molar-refractivity contribution is 7.15. The lowest BCUT2D eigenvalue weighted by atomic mass is 10.0. The van der Waals surface area contributed by atoms with E-state index in [-0.39, 0.29) is 47.1 Å². The largest absolute Gasteiger partial charge is 0.368 e. The lowest BCUT2D eigenvalue weighted by Crippen LogP contribution is -2.49. The number of pyridine rings is 2. The van der Waals surface area contributed by atoms with E-state index in [1.807, 2.05) is 26.0 Å². The third kappa shape index (κ3) is 9.85. The van der Waals surface area contributed by atoms with Gasteiger partial charge < -0.3 is 20.9 Å². The van der Waals surface area contributed by atoms with Crippen molar-refractivity contribution in [1.82, 2.24) is 34.7 Å². The molecule has 0 radical (unpaired) electrons. The Labute approximate surface area is 352 Å². The second kappa shape index (κ2) is 18.9. The van der Waals surface area contributed by atoms with Crippen molar-refractivity contribution in [2.75, 3.05) is 60.1 Å². The summed E-state index contributed by atoms with van der Waals surface area (Å²) in [6.45, 7) is 10.7. The number of nitrogens with zero attached hydrogens (tertiary/aromatic N) is 7. The Morgan fingerprint density at radius 2 is 1.63 bits per heavy atom. The minimum absolute atomic E-state index is 0.00497. The number of nitrogens with one attached hydrogen (secondary N) is 4. The number of aromatic nitrogens is 5. The van der Waals surface area contributed by atoms with Gasteiger partial charge in [0.05, 0.1) is 40.9 Å². The number of Topliss-reactive ketones (excluding diaryl/α,β-unsaturated/α-hetero) is 1. The maximum absolute atomic E-state index is 13.6. The molecule has 2 aliphatic rings. The van der Waals surface area contributed by atoms with E-state index in [0.29, 0.717) is 83.8 Å². The first-order valence-electron chi connectivity index (χ1n) is 20.5. The van der Waals surface area contributed by atoms with Crippen LogP contribution in [-0.2, 0) is 9.59 Å². The molecular formula is C43H51N11O5S. The van der Waals surface area contributed by atoms with Crippen LogP contribution in [0.5, 0.6) is 0 Å². The van der Waals surface area contributed by atoms with E-state index in [1.165, 1.54) is 18.3 Å². The van der Waals surface area contributed by atoms with Gasteiger partial charge in [0.2, 0.25) is 17.8 Å². The highest BCUT2D eigenvalue weighted by Gasteiger charge is 2.26. The Hall–Kier alpha value is -6.07. The SMILES string of the molecule is CC(=O)c1c(C)c2cnc(Nc3ccc(N4CCN(CC(=O)NCCCCC(=O)Nc5ccccc5C(=O)Nc5nc(C)c(C)s5)CC4)cn3)nc2n(C2CCCC2)c1=O. The fourth-order valence-electron chi connectivity index (χ4n) is 7.83. The number of unbranched alkanes of at least 4 members (excludes halogenated alkanes) is 1. The number of hydrogen-bond acceptors (Lipinski definition) is 13. The lowest BCUT2D eigenvalue weighted by molar-refractivity contribution is -0.122. The number of piperazine rings is 1. The quantitative estimate of drug-likeness (QED) is 0.0718. The van der Waals surface area contributed by atoms with E-state index < -0.39 is 0 Å². The maximum Gasteiger partial charge on any atom is 0.263 e. The second-order valence-electron chi connectivity index (χ2n) is 15.4. The molecule has 1 aromatic carbocycles. The Morgan fingerprint density at radius 3 is 2.33 bits per heavy atom. The summed E-state index contributed by atoms with van der Waals surface area (Å²) in [5.41, 5.74) is 3.66. The molecule has 4 aromatic heterocycles. The van der Waals surface area contributed by atoms with Crippen molar-refractivity contribution in [2.45, 2.75) is 78.7 Å². The van der Waals surface area contributed by atoms with Gasteiger partial charge in [0, 0.05) is 61.6 Å². The topological polar surface area (TPSA) is 196 Å². The third-order valence-electron chi connectivity index (χ3n) is 11.2. The molecule has 7 rings (SSSR count). The molecule has 1 saturated carbocycles. The molecule has 5 heterocycles. The van der Waals surface area contributed by atoms with Gasteiger partial charge in [0.15, 0.2) is 10.9 Å². The summed E-state index contributed by atoms with van der Waals surface area (Å²) in [6, 6.07) is 10.7. The highest BCUT2D eigenvalue weighted by Crippen LogP contribution is 2.32. The van der Waals surface area contributed by atoms with Crippen molar-refractivity contribution in [3.05, 3.63) is 86.4 Å². The summed E-state index contributed by atoms with van der Waals surface area (Å²) in [7, 11) is 0. The predicted molar refractivity (Wildman–Crippen MR) is 234 cm³/mol. The van der Waals surface area contributed by atoms with Crippen LogP contribution in [0.4, 0.5) is 28.3 Å². The van der Waals surface area contributed by atoms with Gasteiger partial charge in [0.25, 0.3) is 11.5 Å². The monoisotopic (exact) mass is 833 g/mol. The van der Waals surface area contributed by atoms with E-state index in [2.05, 4.69) is 46.0 Å². The summed E-state index contributed by atoms with van der Waals surface area (Å²) in [5.74, 6) is 0.0289. The minimum Gasteiger partial charge on any atom is -0.368 e. The first-order valence-corrected chi connectivity index (χ1v) is 21.3. The van der Waals surface area contributed by atoms with Gasteiger partial charge in [-0.3, -0.25) is 38.8 Å². The van der Waals surface area contributed by atoms with E-state index >= 15 is 0 Å². The molecule has 0 bridgehead atoms. The van der Waals surface area contributed by atoms with Crippen molar-refractivity contribution in [3.8, 4) is 0 Å². The van der Waals surface area contributed by atoms with Gasteiger partial charge in [-0.25, -0.2) is 15.0 Å². The van der Waals surface area contributed by atoms with E-state index in [9.17, 15) is 24.0 Å². The number of ketones is 1. The third-order valence-corrected chi connectivity index (χ3v) is 12.2. The Kier molecular flexibility index (Phi) is 13.2. The van der Waals surface area contributed by atoms with Crippen LogP contribution in [0.15, 0.2) is 53.6 Å². The first-order chi connectivity index (χ1) is 28.9. The van der Waals surface area contributed by atoms with Crippen molar-refractivity contribution in [2.24, 2.45) is 0 Å². The summed E-state index contributed by atoms with van der Waals surface area (Å²) in [4.78, 5) is 88.0. The van der Waals surface area contributed by atoms with Crippen LogP contribution >= 0.6 is 11.3 Å². The van der Waals surface area contributed by atoms with Crippen molar-refractivity contribution < 1.29 is 19.2 Å². The molecule has 0 unspecified atom stereocenters. The number of benzene rings is 1. The zero-order valence-electron chi connectivity index (χ0n) is 34.5. The van der Waals surface area contributed by atoms with Crippen molar-refractivity contribution >= 4 is 74.1 Å². The molecular weight excluding hydrogens is 783 g/mol. The molecule has 16 nitrogen and oxygen atoms in total. The van der Waals surface area contributed by atoms with Gasteiger partial charge in [-0.1, -0.05) is 25.0 Å². The number of fused-ring (bicyclic) bond motifs is 1. The molecule has 3 amide bonds. The summed E-state index contributed by atoms with van der Waals surface area (Å²) < 4.78 is 1.70. The number of hydrogen-bond donors (Lipinski definition) is 4. The van der Waals surface area contributed by atoms with E-state index in [0.717, 1.165) is 55.0 Å². The molecule has 0 atom stereocenters. The van der Waals surface area contributed by atoms with Crippen LogP contribution in [0.25, 0.3) is 11.0 Å². The molecule has 4 N–H and O–H groups in total. The zero-order valence-corrected chi connectivity index (χ0v) is 35.3. The van der Waals surface area contributed by atoms with E-state index in [1.54, 1.807) is 48.1 Å². The average Bonchev–Trinajstić information content (AvgIpc) is 3.87. The summed E-state index contributed by atoms with van der Waals surface area (Å²) in [6.07, 6.45) is 8.75. The molecule has 1 aliphatic heterocycles. The number of para-hydroxylation sites is 1. The number of thiazole rings is 1. The molecule has 1 aliphatic carbocycles. The molecule has 5 aromatic rings. The molecule has 0 spiro atoms. The Balaban J connectivity index is 0.830. The van der Waals surface area contributed by atoms with Gasteiger partial charge >= 0.3 is 0 Å². The number of carbonyl (C=O) groups excluding carboxylic acids is 4. The van der Waals surface area contributed by atoms with Crippen LogP contribution in [0.1, 0.15) is 94.8 Å². The molecule has 1 saturated heterocycles. The van der Waals surface area contributed by atoms with Crippen LogP contribution in [-0.4, -0.2) is 92.2 Å². The van der Waals surface area contributed by atoms with Crippen LogP contribution < -0.4 is 31.7 Å². The first kappa shape index (κ1) is 42.1. The van der Waals surface area contributed by atoms with Gasteiger partial charge in [-0.15, -0.1) is 11.3 Å². The molecule has 314 valence electrons. The second-order valence-corrected chi connectivity index (χ2v) is 16.6. The average molecular weight is 834 g/mol. The number of aryl methyl sites for hydroxylation is 3. The van der Waals surface area contributed by atoms with Crippen LogP contribution in [0.2, 0.25) is 0 Å². The fourth-order valence-corrected chi connectivity index (χ4v) is 8.64. The minimum atomic E-state index is -0.339. The molecule has 17 heteroatoms. The highest BCUT2D eigenvalue weighted by atomic mass is 32.1. The van der Waals surface area contributed by atoms with Crippen molar-refractivity contribution in [1.29, 1.82) is 0 Å². The van der Waals surface area contributed by atoms with Gasteiger partial charge in [-0.05, 0) is 83.2 Å². The molecule has 2 fully saturated rings. The number of rotatable bonds is 15. The zero-order chi connectivity index (χ0) is 42.3. The fraction of sp³-hybridized carbons (Fsp3) is 0.419. The van der Waals surface area contributed by atoms with Gasteiger partial charge in [-0.2, -0.15) is 4.98 Å². The standard InChI is InChI=1S/C43H51N11O5S/c1-26-33-24-46-42(50-39(33)54(30-11-5-6-12-30)41(59)38(26)28(3)55)49-35-17-16-31(23-45-35)53-21-19-52(20-22-53)25-37(57)44-18-10-9-15-36(56)48-34-14-8-7-13-32(34)40(58)51-43-47-27(2)29(4)60-43/h7-8,13-14,16-17,23-24,30H,5-6,9-12,15,18-22,25H2,1-4H3,(H,44,57)(H,48,56)(H,47,51,58)(H,45,46,49,50). The smallest absolute Gasteiger partial charge is 0.263 e. The molecule has 60 heavy (non-hydrogen) atoms. The number of amides is 3.